The highest BCUT2D eigenvalue weighted by molar-refractivity contribution is 7.26. The molecular weight excluding hydrogens is 557 g/mol. The molecule has 1 aliphatic heterocycles. The summed E-state index contributed by atoms with van der Waals surface area (Å²) < 4.78 is 4.85. The number of hydrogen-bond acceptors (Lipinski definition) is 4. The van der Waals surface area contributed by atoms with E-state index in [1.807, 2.05) is 35.6 Å². The van der Waals surface area contributed by atoms with Gasteiger partial charge in [-0.1, -0.05) is 127 Å². The second-order valence-electron chi connectivity index (χ2n) is 11.1. The molecule has 1 N–H and O–H groups in total. The fourth-order valence-electron chi connectivity index (χ4n) is 6.41. The maximum atomic E-state index is 5.23. The van der Waals surface area contributed by atoms with Crippen LogP contribution in [0.1, 0.15) is 17.3 Å². The minimum atomic E-state index is -0.273. The fraction of sp³-hybridized carbons (Fsp3) is 0.0256. The molecule has 0 amide bonds. The van der Waals surface area contributed by atoms with E-state index < -0.39 is 0 Å². The molecule has 4 nitrogen and oxygen atoms in total. The number of nitrogens with zero attached hydrogens (tertiary/aromatic N) is 3. The minimum Gasteiger partial charge on any atom is -0.344 e. The molecule has 0 saturated carbocycles. The van der Waals surface area contributed by atoms with Crippen LogP contribution in [0.2, 0.25) is 0 Å². The van der Waals surface area contributed by atoms with E-state index in [2.05, 4.69) is 131 Å². The zero-order valence-corrected chi connectivity index (χ0v) is 24.5. The molecule has 0 fully saturated rings. The van der Waals surface area contributed by atoms with E-state index in [-0.39, 0.29) is 6.17 Å². The Kier molecular flexibility index (Phi) is 5.71. The monoisotopic (exact) mass is 582 g/mol. The van der Waals surface area contributed by atoms with Crippen molar-refractivity contribution >= 4 is 65.1 Å². The smallest absolute Gasteiger partial charge is 0.234 e. The molecule has 0 aliphatic carbocycles. The summed E-state index contributed by atoms with van der Waals surface area (Å²) in [5, 5.41) is 8.57. The van der Waals surface area contributed by atoms with Gasteiger partial charge < -0.3 is 5.32 Å². The normalized spacial score (nSPS) is 15.0. The standard InChI is InChI=1S/C39H26N4S/c1-3-12-25(13-4-1)37-40-38(26-14-5-2-6-15-26)42-39(41-37)43-33-20-9-7-16-29(33)30-23-22-27(24-34(30)43)28-18-11-19-32-31-17-8-10-21-35(31)44-36(28)32/h1-24,37H,(H,40,41,42). The van der Waals surface area contributed by atoms with E-state index in [4.69, 9.17) is 9.98 Å². The first-order valence-electron chi connectivity index (χ1n) is 14.8. The van der Waals surface area contributed by atoms with Crippen LogP contribution in [0.3, 0.4) is 0 Å². The van der Waals surface area contributed by atoms with Crippen molar-refractivity contribution in [3.05, 3.63) is 157 Å². The lowest BCUT2D eigenvalue weighted by atomic mass is 10.0. The van der Waals surface area contributed by atoms with Gasteiger partial charge in [0, 0.05) is 36.5 Å². The second kappa shape index (κ2) is 10.0. The lowest BCUT2D eigenvalue weighted by molar-refractivity contribution is 0.668. The first kappa shape index (κ1) is 25.0. The molecule has 5 heteroatoms. The average molecular weight is 583 g/mol. The molecule has 9 rings (SSSR count). The molecule has 3 heterocycles. The van der Waals surface area contributed by atoms with Gasteiger partial charge in [0.2, 0.25) is 5.96 Å². The van der Waals surface area contributed by atoms with Crippen molar-refractivity contribution in [3.63, 3.8) is 0 Å². The molecule has 0 saturated heterocycles. The Hall–Kier alpha value is -5.52. The summed E-state index contributed by atoms with van der Waals surface area (Å²) >= 11 is 1.86. The third kappa shape index (κ3) is 3.98. The maximum absolute atomic E-state index is 5.23. The zero-order chi connectivity index (χ0) is 29.0. The van der Waals surface area contributed by atoms with E-state index in [0.29, 0.717) is 5.96 Å². The summed E-state index contributed by atoms with van der Waals surface area (Å²) in [4.78, 5) is 10.4. The Morgan fingerprint density at radius 1 is 0.568 bits per heavy atom. The van der Waals surface area contributed by atoms with Gasteiger partial charge in [-0.25, -0.2) is 4.99 Å². The summed E-state index contributed by atoms with van der Waals surface area (Å²) in [6, 6.07) is 51.4. The van der Waals surface area contributed by atoms with E-state index in [1.165, 1.54) is 42.1 Å². The van der Waals surface area contributed by atoms with Crippen LogP contribution in [0.15, 0.2) is 156 Å². The third-order valence-corrected chi connectivity index (χ3v) is 9.70. The largest absolute Gasteiger partial charge is 0.344 e. The van der Waals surface area contributed by atoms with Gasteiger partial charge in [-0.2, -0.15) is 4.99 Å². The highest BCUT2D eigenvalue weighted by Crippen LogP contribution is 2.41. The zero-order valence-electron chi connectivity index (χ0n) is 23.7. The van der Waals surface area contributed by atoms with Gasteiger partial charge >= 0.3 is 0 Å². The number of amidine groups is 1. The highest BCUT2D eigenvalue weighted by Gasteiger charge is 2.24. The molecule has 6 aromatic carbocycles. The van der Waals surface area contributed by atoms with Crippen molar-refractivity contribution in [2.24, 2.45) is 9.98 Å². The van der Waals surface area contributed by atoms with Gasteiger partial charge in [0.05, 0.1) is 11.0 Å². The summed E-state index contributed by atoms with van der Waals surface area (Å²) in [5.74, 6) is 1.47. The second-order valence-corrected chi connectivity index (χ2v) is 12.1. The van der Waals surface area contributed by atoms with Crippen LogP contribution in [-0.4, -0.2) is 16.4 Å². The first-order valence-corrected chi connectivity index (χ1v) is 15.6. The van der Waals surface area contributed by atoms with E-state index in [1.54, 1.807) is 0 Å². The number of thiophene rings is 1. The number of hydrogen-bond donors (Lipinski definition) is 1. The van der Waals surface area contributed by atoms with Crippen molar-refractivity contribution in [3.8, 4) is 11.1 Å². The first-order chi connectivity index (χ1) is 21.8. The van der Waals surface area contributed by atoms with Gasteiger partial charge in [-0.3, -0.25) is 4.57 Å². The Labute approximate surface area is 258 Å². The van der Waals surface area contributed by atoms with Gasteiger partial charge in [-0.15, -0.1) is 11.3 Å². The quantitative estimate of drug-likeness (QED) is 0.221. The molecule has 208 valence electrons. The molecule has 44 heavy (non-hydrogen) atoms. The Bertz CT molecular complexity index is 2420. The molecule has 1 aliphatic rings. The van der Waals surface area contributed by atoms with Crippen molar-refractivity contribution in [2.45, 2.75) is 6.17 Å². The molecule has 8 aromatic rings. The number of nitrogens with one attached hydrogen (secondary N) is 1. The van der Waals surface area contributed by atoms with Crippen LogP contribution in [-0.2, 0) is 0 Å². The minimum absolute atomic E-state index is 0.273. The van der Waals surface area contributed by atoms with Gasteiger partial charge in [0.25, 0.3) is 0 Å². The van der Waals surface area contributed by atoms with E-state index in [0.717, 1.165) is 28.0 Å². The summed E-state index contributed by atoms with van der Waals surface area (Å²) in [5.41, 5.74) is 6.71. The van der Waals surface area contributed by atoms with Gasteiger partial charge in [0.15, 0.2) is 0 Å². The van der Waals surface area contributed by atoms with Crippen molar-refractivity contribution < 1.29 is 0 Å². The van der Waals surface area contributed by atoms with Crippen LogP contribution in [0.5, 0.6) is 0 Å². The molecule has 2 aromatic heterocycles. The lowest BCUT2D eigenvalue weighted by Gasteiger charge is -2.24. The van der Waals surface area contributed by atoms with Crippen LogP contribution in [0, 0.1) is 0 Å². The fourth-order valence-corrected chi connectivity index (χ4v) is 7.65. The SMILES string of the molecule is c1ccc(C2=NC(n3c4ccccc4c4ccc(-c5cccc6c5sc5ccccc56)cc43)=NC(c3ccccc3)N2)cc1. The summed E-state index contributed by atoms with van der Waals surface area (Å²) in [7, 11) is 0. The van der Waals surface area contributed by atoms with Crippen LogP contribution < -0.4 is 5.32 Å². The van der Waals surface area contributed by atoms with Crippen LogP contribution in [0.25, 0.3) is 53.1 Å². The molecule has 0 radical (unpaired) electrons. The average Bonchev–Trinajstić information content (AvgIpc) is 3.64. The van der Waals surface area contributed by atoms with Gasteiger partial charge in [-0.05, 0) is 34.9 Å². The van der Waals surface area contributed by atoms with Gasteiger partial charge in [0.1, 0.15) is 12.0 Å². The number of aliphatic imine (C=N–C) groups is 2. The Balaban J connectivity index is 1.30. The van der Waals surface area contributed by atoms with Crippen molar-refractivity contribution in [1.82, 2.24) is 9.88 Å². The van der Waals surface area contributed by atoms with Crippen molar-refractivity contribution in [2.75, 3.05) is 0 Å². The molecular formula is C39H26N4S. The molecule has 0 spiro atoms. The number of benzene rings is 6. The number of rotatable bonds is 3. The third-order valence-electron chi connectivity index (χ3n) is 8.48. The lowest BCUT2D eigenvalue weighted by Crippen LogP contribution is -2.35. The van der Waals surface area contributed by atoms with Crippen molar-refractivity contribution in [1.29, 1.82) is 0 Å². The van der Waals surface area contributed by atoms with E-state index >= 15 is 0 Å². The predicted octanol–water partition coefficient (Wildman–Crippen LogP) is 9.78. The van der Waals surface area contributed by atoms with Crippen LogP contribution >= 0.6 is 11.3 Å². The Morgan fingerprint density at radius 2 is 1.27 bits per heavy atom. The topological polar surface area (TPSA) is 41.7 Å². The molecule has 1 unspecified atom stereocenters. The van der Waals surface area contributed by atoms with Crippen LogP contribution in [0.4, 0.5) is 0 Å². The summed E-state index contributed by atoms with van der Waals surface area (Å²) in [6.45, 7) is 0. The Morgan fingerprint density at radius 3 is 2.14 bits per heavy atom. The maximum Gasteiger partial charge on any atom is 0.234 e. The summed E-state index contributed by atoms with van der Waals surface area (Å²) in [6.07, 6.45) is -0.273. The predicted molar refractivity (Wildman–Crippen MR) is 186 cm³/mol. The van der Waals surface area contributed by atoms with E-state index in [9.17, 15) is 0 Å². The number of aromatic nitrogens is 1. The molecule has 1 atom stereocenters. The molecule has 0 bridgehead atoms. The number of para-hydroxylation sites is 1. The number of fused-ring (bicyclic) bond motifs is 6. The highest BCUT2D eigenvalue weighted by atomic mass is 32.1.